The Morgan fingerprint density at radius 3 is 2.48 bits per heavy atom. The molecule has 1 aromatic heterocycles. The number of aliphatic hydroxyl groups excluding tert-OH is 1. The molecule has 0 unspecified atom stereocenters. The predicted octanol–water partition coefficient (Wildman–Crippen LogP) is 7.06. The molecular weight excluding hydrogens is 408 g/mol. The summed E-state index contributed by atoms with van der Waals surface area (Å²) >= 11 is 0. The van der Waals surface area contributed by atoms with Crippen LogP contribution in [0.2, 0.25) is 0 Å². The summed E-state index contributed by atoms with van der Waals surface area (Å²) in [5.41, 5.74) is 4.14. The van der Waals surface area contributed by atoms with Crippen molar-refractivity contribution in [2.75, 3.05) is 0 Å². The van der Waals surface area contributed by atoms with E-state index >= 15 is 0 Å². The van der Waals surface area contributed by atoms with Gasteiger partial charge in [0.15, 0.2) is 0 Å². The van der Waals surface area contributed by atoms with Crippen molar-refractivity contribution in [2.24, 2.45) is 39.4 Å². The molecule has 0 aliphatic heterocycles. The van der Waals surface area contributed by atoms with E-state index in [0.717, 1.165) is 31.4 Å². The average molecular weight is 453 g/mol. The van der Waals surface area contributed by atoms with Crippen molar-refractivity contribution in [2.45, 2.75) is 106 Å². The molecule has 0 saturated heterocycles. The lowest BCUT2D eigenvalue weighted by molar-refractivity contribution is -0.152. The van der Waals surface area contributed by atoms with Gasteiger partial charge in [0.1, 0.15) is 11.5 Å². The number of fused-ring (bicyclic) bond motifs is 4. The van der Waals surface area contributed by atoms with Crippen LogP contribution in [0.15, 0.2) is 27.9 Å². The molecule has 0 spiro atoms. The standard InChI is InChI=1S/C30H44O3/c1-18-14-20(33-17-18)15-19(2)21-10-12-29(6)22-8-9-24-27(3,4)25(31)16-26(32)30(24,7)23(22)11-13-28(21,29)5/h14,17,19,21,24-25,31H,8-13,15-16H2,1-7H3/t19-,21-,24+,25+,28-,29+,30-/m1/s1. The first kappa shape index (κ1) is 23.4. The van der Waals surface area contributed by atoms with Gasteiger partial charge in [0, 0.05) is 12.8 Å². The summed E-state index contributed by atoms with van der Waals surface area (Å²) in [7, 11) is 0. The molecule has 33 heavy (non-hydrogen) atoms. The number of carbonyl (C=O) groups is 1. The summed E-state index contributed by atoms with van der Waals surface area (Å²) < 4.78 is 5.82. The predicted molar refractivity (Wildman–Crippen MR) is 132 cm³/mol. The smallest absolute Gasteiger partial charge is 0.145 e. The molecule has 4 aliphatic carbocycles. The number of hydrogen-bond acceptors (Lipinski definition) is 3. The molecule has 0 radical (unpaired) electrons. The van der Waals surface area contributed by atoms with Gasteiger partial charge in [-0.3, -0.25) is 4.79 Å². The lowest BCUT2D eigenvalue weighted by atomic mass is 9.43. The van der Waals surface area contributed by atoms with Crippen molar-refractivity contribution in [3.05, 3.63) is 34.8 Å². The lowest BCUT2D eigenvalue weighted by Gasteiger charge is -2.61. The van der Waals surface area contributed by atoms with E-state index in [1.54, 1.807) is 5.57 Å². The van der Waals surface area contributed by atoms with Crippen LogP contribution in [-0.4, -0.2) is 17.0 Å². The third-order valence-electron chi connectivity index (χ3n) is 11.7. The molecule has 0 bridgehead atoms. The number of allylic oxidation sites excluding steroid dienone is 2. The van der Waals surface area contributed by atoms with E-state index in [0.29, 0.717) is 18.3 Å². The number of ketones is 1. The fourth-order valence-corrected chi connectivity index (χ4v) is 9.40. The third-order valence-corrected chi connectivity index (χ3v) is 11.7. The molecule has 0 amide bonds. The van der Waals surface area contributed by atoms with Crippen LogP contribution in [0.25, 0.3) is 0 Å². The van der Waals surface area contributed by atoms with Gasteiger partial charge in [-0.05, 0) is 98.0 Å². The lowest BCUT2D eigenvalue weighted by Crippen LogP contribution is -2.59. The summed E-state index contributed by atoms with van der Waals surface area (Å²) in [6.07, 6.45) is 9.54. The van der Waals surface area contributed by atoms with Gasteiger partial charge in [0.05, 0.1) is 17.8 Å². The Kier molecular flexibility index (Phi) is 5.19. The second-order valence-corrected chi connectivity index (χ2v) is 13.4. The molecule has 1 aromatic rings. The van der Waals surface area contributed by atoms with Crippen molar-refractivity contribution < 1.29 is 14.3 Å². The monoisotopic (exact) mass is 452 g/mol. The maximum atomic E-state index is 13.6. The molecule has 182 valence electrons. The Morgan fingerprint density at radius 1 is 1.09 bits per heavy atom. The van der Waals surface area contributed by atoms with E-state index in [9.17, 15) is 9.90 Å². The highest BCUT2D eigenvalue weighted by molar-refractivity contribution is 5.90. The van der Waals surface area contributed by atoms with Crippen LogP contribution >= 0.6 is 0 Å². The van der Waals surface area contributed by atoms with E-state index in [-0.39, 0.29) is 27.9 Å². The Hall–Kier alpha value is -1.35. The van der Waals surface area contributed by atoms with Crippen LogP contribution in [0.5, 0.6) is 0 Å². The molecule has 3 heteroatoms. The molecule has 7 atom stereocenters. The van der Waals surface area contributed by atoms with Crippen molar-refractivity contribution in [1.82, 2.24) is 0 Å². The van der Waals surface area contributed by atoms with E-state index < -0.39 is 11.5 Å². The Bertz CT molecular complexity index is 998. The number of furan rings is 1. The second-order valence-electron chi connectivity index (χ2n) is 13.4. The summed E-state index contributed by atoms with van der Waals surface area (Å²) in [6, 6.07) is 2.20. The van der Waals surface area contributed by atoms with Gasteiger partial charge in [0.2, 0.25) is 0 Å². The van der Waals surface area contributed by atoms with Gasteiger partial charge in [-0.25, -0.2) is 0 Å². The Balaban J connectivity index is 1.50. The largest absolute Gasteiger partial charge is 0.469 e. The maximum absolute atomic E-state index is 13.6. The third kappa shape index (κ3) is 3.00. The highest BCUT2D eigenvalue weighted by Gasteiger charge is 2.65. The summed E-state index contributed by atoms with van der Waals surface area (Å²) in [5.74, 6) is 2.91. The van der Waals surface area contributed by atoms with E-state index in [1.807, 2.05) is 6.26 Å². The first-order valence-corrected chi connectivity index (χ1v) is 13.3. The summed E-state index contributed by atoms with van der Waals surface area (Å²) in [6.45, 7) is 16.2. The summed E-state index contributed by atoms with van der Waals surface area (Å²) in [4.78, 5) is 13.6. The number of Topliss-reactive ketones (excluding diaryl/α,β-unsaturated/α-hetero) is 1. The minimum atomic E-state index is -0.517. The SMILES string of the molecule is Cc1coc(C[C@@H](C)[C@H]2CC[C@@]3(C)C4=C(CC[C@]23C)[C@@]2(C)C(=O)C[C@H](O)C(C)(C)[C@@H]2CC4)c1. The topological polar surface area (TPSA) is 50.4 Å². The van der Waals surface area contributed by atoms with Crippen molar-refractivity contribution >= 4 is 5.78 Å². The first-order chi connectivity index (χ1) is 15.4. The second kappa shape index (κ2) is 7.33. The van der Waals surface area contributed by atoms with Gasteiger partial charge in [-0.15, -0.1) is 0 Å². The molecule has 5 rings (SSSR count). The van der Waals surface area contributed by atoms with Gasteiger partial charge in [0.25, 0.3) is 0 Å². The number of hydrogen-bond donors (Lipinski definition) is 1. The van der Waals surface area contributed by atoms with Gasteiger partial charge in [-0.2, -0.15) is 0 Å². The van der Waals surface area contributed by atoms with Gasteiger partial charge < -0.3 is 9.52 Å². The quantitative estimate of drug-likeness (QED) is 0.500. The zero-order chi connectivity index (χ0) is 24.0. The number of aryl methyl sites for hydroxylation is 1. The molecule has 4 aliphatic rings. The molecule has 2 saturated carbocycles. The first-order valence-electron chi connectivity index (χ1n) is 13.3. The number of aliphatic hydroxyl groups is 1. The van der Waals surface area contributed by atoms with Crippen molar-refractivity contribution in [3.8, 4) is 0 Å². The maximum Gasteiger partial charge on any atom is 0.145 e. The van der Waals surface area contributed by atoms with Crippen LogP contribution in [0.4, 0.5) is 0 Å². The minimum Gasteiger partial charge on any atom is -0.469 e. The Morgan fingerprint density at radius 2 is 1.82 bits per heavy atom. The van der Waals surface area contributed by atoms with Crippen molar-refractivity contribution in [3.63, 3.8) is 0 Å². The van der Waals surface area contributed by atoms with Crippen LogP contribution in [-0.2, 0) is 11.2 Å². The fraction of sp³-hybridized carbons (Fsp3) is 0.767. The number of carbonyl (C=O) groups excluding carboxylic acids is 1. The fourth-order valence-electron chi connectivity index (χ4n) is 9.40. The van der Waals surface area contributed by atoms with Crippen molar-refractivity contribution in [1.29, 1.82) is 0 Å². The van der Waals surface area contributed by atoms with Crippen LogP contribution in [0.1, 0.15) is 97.8 Å². The van der Waals surface area contributed by atoms with Crippen LogP contribution in [0, 0.1) is 46.3 Å². The zero-order valence-electron chi connectivity index (χ0n) is 21.9. The normalized spacial score (nSPS) is 43.2. The van der Waals surface area contributed by atoms with E-state index in [1.165, 1.54) is 30.4 Å². The molecule has 2 fully saturated rings. The minimum absolute atomic E-state index is 0.174. The molecule has 3 nitrogen and oxygen atoms in total. The van der Waals surface area contributed by atoms with E-state index in [4.69, 9.17) is 4.42 Å². The Labute approximate surface area is 200 Å². The van der Waals surface area contributed by atoms with Gasteiger partial charge in [-0.1, -0.05) is 45.8 Å². The highest BCUT2D eigenvalue weighted by Crippen LogP contribution is 2.72. The highest BCUT2D eigenvalue weighted by atomic mass is 16.3. The molecule has 1 heterocycles. The van der Waals surface area contributed by atoms with Gasteiger partial charge >= 0.3 is 0 Å². The number of rotatable bonds is 3. The molecular formula is C30H44O3. The zero-order valence-corrected chi connectivity index (χ0v) is 21.9. The van der Waals surface area contributed by atoms with Crippen LogP contribution < -0.4 is 0 Å². The molecule has 1 N–H and O–H groups in total. The average Bonchev–Trinajstić information content (AvgIpc) is 3.27. The van der Waals surface area contributed by atoms with Crippen LogP contribution in [0.3, 0.4) is 0 Å². The summed E-state index contributed by atoms with van der Waals surface area (Å²) in [5, 5.41) is 10.8. The molecule has 0 aromatic carbocycles. The van der Waals surface area contributed by atoms with E-state index in [2.05, 4.69) is 54.5 Å².